The summed E-state index contributed by atoms with van der Waals surface area (Å²) in [6, 6.07) is 7.36. The van der Waals surface area contributed by atoms with Crippen molar-refractivity contribution in [2.75, 3.05) is 11.9 Å². The van der Waals surface area contributed by atoms with Gasteiger partial charge >= 0.3 is 6.18 Å². The number of carbonyl (C=O) groups is 1. The molecule has 4 rings (SSSR count). The van der Waals surface area contributed by atoms with Crippen LogP contribution in [0.3, 0.4) is 0 Å². The molecule has 0 aliphatic carbocycles. The Kier molecular flexibility index (Phi) is 4.67. The molecule has 2 N–H and O–H groups in total. The fraction of sp³-hybridized carbons (Fsp3) is 0.263. The van der Waals surface area contributed by atoms with Crippen molar-refractivity contribution in [3.05, 3.63) is 54.0 Å². The first kappa shape index (κ1) is 20.7. The predicted molar refractivity (Wildman–Crippen MR) is 97.6 cm³/mol. The SMILES string of the molecule is CC1(c2nnc(-c3ncccc3Nc3ccc(C(F)(F)F)cc3)o2)C(=O)NCC1(F)F. The van der Waals surface area contributed by atoms with Crippen molar-refractivity contribution < 1.29 is 31.2 Å². The maximum atomic E-state index is 14.3. The summed E-state index contributed by atoms with van der Waals surface area (Å²) in [5, 5.41) is 12.3. The van der Waals surface area contributed by atoms with Crippen molar-refractivity contribution in [2.45, 2.75) is 24.4 Å². The summed E-state index contributed by atoms with van der Waals surface area (Å²) in [4.78, 5) is 16.1. The molecular formula is C19H14F5N5O2. The first-order valence-corrected chi connectivity index (χ1v) is 8.92. The summed E-state index contributed by atoms with van der Waals surface area (Å²) in [5.74, 6) is -5.20. The molecule has 0 radical (unpaired) electrons. The van der Waals surface area contributed by atoms with E-state index in [9.17, 15) is 26.7 Å². The van der Waals surface area contributed by atoms with Crippen LogP contribution in [0.25, 0.3) is 11.6 Å². The van der Waals surface area contributed by atoms with Crippen LogP contribution < -0.4 is 10.6 Å². The summed E-state index contributed by atoms with van der Waals surface area (Å²) in [7, 11) is 0. The van der Waals surface area contributed by atoms with Gasteiger partial charge in [-0.2, -0.15) is 13.2 Å². The molecule has 1 unspecified atom stereocenters. The summed E-state index contributed by atoms with van der Waals surface area (Å²) in [6.07, 6.45) is -3.08. The van der Waals surface area contributed by atoms with Crippen LogP contribution in [-0.2, 0) is 16.4 Å². The van der Waals surface area contributed by atoms with Gasteiger partial charge in [-0.1, -0.05) is 0 Å². The van der Waals surface area contributed by atoms with E-state index < -0.39 is 41.4 Å². The van der Waals surface area contributed by atoms with Gasteiger partial charge in [-0.15, -0.1) is 10.2 Å². The fourth-order valence-electron chi connectivity index (χ4n) is 3.06. The first-order chi connectivity index (χ1) is 14.5. The number of amides is 1. The zero-order valence-corrected chi connectivity index (χ0v) is 15.8. The van der Waals surface area contributed by atoms with E-state index in [1.807, 2.05) is 0 Å². The molecule has 7 nitrogen and oxygen atoms in total. The molecule has 1 saturated heterocycles. The normalized spacial score (nSPS) is 20.5. The van der Waals surface area contributed by atoms with Crippen LogP contribution in [-0.4, -0.2) is 33.6 Å². The van der Waals surface area contributed by atoms with Crippen LogP contribution in [0.1, 0.15) is 18.4 Å². The largest absolute Gasteiger partial charge is 0.418 e. The smallest absolute Gasteiger partial charge is 0.416 e. The third kappa shape index (κ3) is 3.47. The predicted octanol–water partition coefficient (Wildman–Crippen LogP) is 3.92. The van der Waals surface area contributed by atoms with Gasteiger partial charge in [0, 0.05) is 11.9 Å². The lowest BCUT2D eigenvalue weighted by molar-refractivity contribution is -0.137. The Balaban J connectivity index is 1.65. The second-order valence-electron chi connectivity index (χ2n) is 7.02. The van der Waals surface area contributed by atoms with Gasteiger partial charge in [0.05, 0.1) is 17.8 Å². The fourth-order valence-corrected chi connectivity index (χ4v) is 3.06. The molecule has 1 amide bonds. The van der Waals surface area contributed by atoms with Gasteiger partial charge in [-0.25, -0.2) is 13.8 Å². The Morgan fingerprint density at radius 1 is 1.13 bits per heavy atom. The average Bonchev–Trinajstić information content (AvgIpc) is 3.28. The number of anilines is 2. The molecule has 12 heteroatoms. The number of benzene rings is 1. The lowest BCUT2D eigenvalue weighted by atomic mass is 9.85. The number of carbonyl (C=O) groups excluding carboxylic acids is 1. The first-order valence-electron chi connectivity index (χ1n) is 8.92. The van der Waals surface area contributed by atoms with Crippen molar-refractivity contribution in [3.8, 4) is 11.6 Å². The molecule has 0 bridgehead atoms. The van der Waals surface area contributed by atoms with Gasteiger partial charge in [0.2, 0.25) is 11.8 Å². The second-order valence-corrected chi connectivity index (χ2v) is 7.02. The molecular weight excluding hydrogens is 425 g/mol. The van der Waals surface area contributed by atoms with Crippen LogP contribution in [0, 0.1) is 0 Å². The Hall–Kier alpha value is -3.57. The number of rotatable bonds is 4. The van der Waals surface area contributed by atoms with E-state index in [0.29, 0.717) is 5.69 Å². The zero-order valence-electron chi connectivity index (χ0n) is 15.8. The van der Waals surface area contributed by atoms with Gasteiger partial charge in [0.1, 0.15) is 0 Å². The molecule has 3 heterocycles. The van der Waals surface area contributed by atoms with Crippen LogP contribution in [0.5, 0.6) is 0 Å². The molecule has 0 saturated carbocycles. The Morgan fingerprint density at radius 2 is 1.84 bits per heavy atom. The van der Waals surface area contributed by atoms with E-state index in [4.69, 9.17) is 4.42 Å². The molecule has 1 aromatic carbocycles. The molecule has 1 aliphatic heterocycles. The van der Waals surface area contributed by atoms with E-state index in [1.54, 1.807) is 12.1 Å². The number of pyridine rings is 1. The Bertz CT molecular complexity index is 1130. The van der Waals surface area contributed by atoms with E-state index in [-0.39, 0.29) is 17.3 Å². The van der Waals surface area contributed by atoms with Crippen LogP contribution >= 0.6 is 0 Å². The van der Waals surface area contributed by atoms with Gasteiger partial charge < -0.3 is 15.1 Å². The van der Waals surface area contributed by atoms with Gasteiger partial charge in [0.15, 0.2) is 11.1 Å². The molecule has 2 aromatic heterocycles. The van der Waals surface area contributed by atoms with Gasteiger partial charge in [0.25, 0.3) is 11.8 Å². The summed E-state index contributed by atoms with van der Waals surface area (Å²) in [6.45, 7) is 0.150. The quantitative estimate of drug-likeness (QED) is 0.599. The summed E-state index contributed by atoms with van der Waals surface area (Å²) >= 11 is 0. The van der Waals surface area contributed by atoms with Crippen molar-refractivity contribution in [1.29, 1.82) is 0 Å². The summed E-state index contributed by atoms with van der Waals surface area (Å²) in [5.41, 5.74) is -2.48. The van der Waals surface area contributed by atoms with Crippen molar-refractivity contribution in [3.63, 3.8) is 0 Å². The van der Waals surface area contributed by atoms with E-state index >= 15 is 0 Å². The number of hydrogen-bond acceptors (Lipinski definition) is 6. The number of hydrogen-bond donors (Lipinski definition) is 2. The maximum absolute atomic E-state index is 14.3. The lowest BCUT2D eigenvalue weighted by Gasteiger charge is -2.23. The molecule has 1 fully saturated rings. The third-order valence-corrected chi connectivity index (χ3v) is 5.01. The maximum Gasteiger partial charge on any atom is 0.416 e. The molecule has 1 aliphatic rings. The van der Waals surface area contributed by atoms with E-state index in [2.05, 4.69) is 25.8 Å². The molecule has 31 heavy (non-hydrogen) atoms. The topological polar surface area (TPSA) is 92.9 Å². The van der Waals surface area contributed by atoms with Crippen molar-refractivity contribution in [2.24, 2.45) is 0 Å². The molecule has 162 valence electrons. The van der Waals surface area contributed by atoms with E-state index in [1.165, 1.54) is 18.3 Å². The van der Waals surface area contributed by atoms with Crippen molar-refractivity contribution >= 4 is 17.3 Å². The van der Waals surface area contributed by atoms with Gasteiger partial charge in [-0.3, -0.25) is 4.79 Å². The minimum atomic E-state index is -4.47. The molecule has 3 aromatic rings. The lowest BCUT2D eigenvalue weighted by Crippen LogP contribution is -2.44. The number of nitrogens with one attached hydrogen (secondary N) is 2. The van der Waals surface area contributed by atoms with Crippen molar-refractivity contribution in [1.82, 2.24) is 20.5 Å². The summed E-state index contributed by atoms with van der Waals surface area (Å²) < 4.78 is 72.2. The van der Waals surface area contributed by atoms with Crippen LogP contribution in [0.2, 0.25) is 0 Å². The number of alkyl halides is 5. The highest BCUT2D eigenvalue weighted by Gasteiger charge is 2.64. The minimum absolute atomic E-state index is 0.0754. The zero-order chi connectivity index (χ0) is 22.4. The third-order valence-electron chi connectivity index (χ3n) is 5.01. The monoisotopic (exact) mass is 439 g/mol. The van der Waals surface area contributed by atoms with Crippen LogP contribution in [0.15, 0.2) is 47.0 Å². The number of halogens is 5. The van der Waals surface area contributed by atoms with E-state index in [0.717, 1.165) is 19.1 Å². The highest BCUT2D eigenvalue weighted by molar-refractivity contribution is 5.90. The van der Waals surface area contributed by atoms with Gasteiger partial charge in [-0.05, 0) is 43.3 Å². The standard InChI is InChI=1S/C19H14F5N5O2/c1-17(15(30)26-9-18(17,20)21)16-29-28-14(31-16)13-12(3-2-8-25-13)27-11-6-4-10(5-7-11)19(22,23)24/h2-8,27H,9H2,1H3,(H,26,30). The molecule has 1 atom stereocenters. The minimum Gasteiger partial charge on any atom is -0.418 e. The van der Waals surface area contributed by atoms with Crippen LogP contribution in [0.4, 0.5) is 33.3 Å². The Labute approximate surface area is 171 Å². The number of nitrogens with zero attached hydrogens (tertiary/aromatic N) is 3. The highest BCUT2D eigenvalue weighted by Crippen LogP contribution is 2.43. The highest BCUT2D eigenvalue weighted by atomic mass is 19.4. The Morgan fingerprint density at radius 3 is 2.45 bits per heavy atom. The molecule has 0 spiro atoms. The second kappa shape index (κ2) is 7.00. The number of aromatic nitrogens is 3. The average molecular weight is 439 g/mol.